The fourth-order valence-electron chi connectivity index (χ4n) is 3.00. The molecule has 1 saturated heterocycles. The molecular weight excluding hydrogens is 322 g/mol. The molecule has 23 heavy (non-hydrogen) atoms. The minimum Gasteiger partial charge on any atom is -0.340 e. The zero-order valence-corrected chi connectivity index (χ0v) is 14.3. The van der Waals surface area contributed by atoms with Crippen LogP contribution in [0.2, 0.25) is 0 Å². The van der Waals surface area contributed by atoms with Crippen LogP contribution in [0.15, 0.2) is 18.2 Å². The minimum atomic E-state index is -0.853. The van der Waals surface area contributed by atoms with Crippen molar-refractivity contribution in [3.8, 4) is 0 Å². The lowest BCUT2D eigenvalue weighted by molar-refractivity contribution is -0.134. The van der Waals surface area contributed by atoms with Crippen molar-refractivity contribution in [2.75, 3.05) is 19.6 Å². The molecule has 0 atom stereocenters. The van der Waals surface area contributed by atoms with Crippen molar-refractivity contribution in [3.05, 3.63) is 35.4 Å². The summed E-state index contributed by atoms with van der Waals surface area (Å²) >= 11 is 0. The molecule has 1 fully saturated rings. The number of nitrogens with zero attached hydrogens (tertiary/aromatic N) is 1. The lowest BCUT2D eigenvalue weighted by Crippen LogP contribution is -2.46. The fourth-order valence-corrected chi connectivity index (χ4v) is 3.00. The van der Waals surface area contributed by atoms with Crippen molar-refractivity contribution in [2.45, 2.75) is 45.1 Å². The first-order chi connectivity index (χ1) is 10.6. The average molecular weight is 347 g/mol. The summed E-state index contributed by atoms with van der Waals surface area (Å²) in [6.07, 6.45) is 3.29. The third-order valence-electron chi connectivity index (χ3n) is 4.17. The van der Waals surface area contributed by atoms with Crippen LogP contribution in [0.25, 0.3) is 0 Å². The third-order valence-corrected chi connectivity index (χ3v) is 4.17. The van der Waals surface area contributed by atoms with E-state index in [0.29, 0.717) is 0 Å². The predicted octanol–water partition coefficient (Wildman–Crippen LogP) is 3.31. The van der Waals surface area contributed by atoms with Crippen LogP contribution in [0.5, 0.6) is 0 Å². The van der Waals surface area contributed by atoms with Crippen LogP contribution in [0.1, 0.15) is 38.2 Å². The summed E-state index contributed by atoms with van der Waals surface area (Å²) in [7, 11) is 0. The van der Waals surface area contributed by atoms with Crippen molar-refractivity contribution >= 4 is 18.3 Å². The Hall–Kier alpha value is -1.20. The van der Waals surface area contributed by atoms with E-state index in [1.54, 1.807) is 6.07 Å². The minimum absolute atomic E-state index is 0. The van der Waals surface area contributed by atoms with Crippen LogP contribution in [-0.4, -0.2) is 36.5 Å². The number of benzene rings is 1. The van der Waals surface area contributed by atoms with Crippen LogP contribution in [0, 0.1) is 11.6 Å². The van der Waals surface area contributed by atoms with Gasteiger partial charge in [0.2, 0.25) is 5.91 Å². The van der Waals surface area contributed by atoms with E-state index in [0.717, 1.165) is 45.0 Å². The number of hydrogen-bond acceptors (Lipinski definition) is 2. The van der Waals surface area contributed by atoms with Gasteiger partial charge in [-0.15, -0.1) is 12.4 Å². The fraction of sp³-hybridized carbons (Fsp3) is 0.588. The summed E-state index contributed by atoms with van der Waals surface area (Å²) < 4.78 is 26.8. The summed E-state index contributed by atoms with van der Waals surface area (Å²) in [5.41, 5.74) is 0.273. The number of nitrogens with one attached hydrogen (secondary N) is 1. The first kappa shape index (κ1) is 19.8. The summed E-state index contributed by atoms with van der Waals surface area (Å²) in [4.78, 5) is 14.4. The largest absolute Gasteiger partial charge is 0.340 e. The van der Waals surface area contributed by atoms with Crippen molar-refractivity contribution in [1.29, 1.82) is 0 Å². The lowest BCUT2D eigenvalue weighted by Gasteiger charge is -2.34. The summed E-state index contributed by atoms with van der Waals surface area (Å²) in [5.74, 6) is -1.65. The van der Waals surface area contributed by atoms with Crippen molar-refractivity contribution in [1.82, 2.24) is 10.2 Å². The zero-order valence-electron chi connectivity index (χ0n) is 13.5. The second-order valence-electron chi connectivity index (χ2n) is 5.78. The Kier molecular flexibility index (Phi) is 8.48. The molecule has 0 aromatic heterocycles. The molecule has 0 unspecified atom stereocenters. The van der Waals surface area contributed by atoms with Gasteiger partial charge in [-0.3, -0.25) is 4.79 Å². The Morgan fingerprint density at radius 2 is 2.00 bits per heavy atom. The summed E-state index contributed by atoms with van der Waals surface area (Å²) in [6, 6.07) is 4.39. The zero-order chi connectivity index (χ0) is 15.9. The average Bonchev–Trinajstić information content (AvgIpc) is 2.54. The molecule has 1 amide bonds. The van der Waals surface area contributed by atoms with Gasteiger partial charge in [-0.05, 0) is 50.4 Å². The molecule has 0 spiro atoms. The number of aryl methyl sites for hydroxylation is 1. The smallest absolute Gasteiger partial charge is 0.223 e. The summed E-state index contributed by atoms with van der Waals surface area (Å²) in [5, 5.41) is 3.29. The van der Waals surface area contributed by atoms with Crippen LogP contribution < -0.4 is 5.32 Å². The van der Waals surface area contributed by atoms with Crippen molar-refractivity contribution in [3.63, 3.8) is 0 Å². The highest BCUT2D eigenvalue weighted by Gasteiger charge is 2.24. The van der Waals surface area contributed by atoms with E-state index in [1.165, 1.54) is 6.07 Å². The van der Waals surface area contributed by atoms with Gasteiger partial charge in [-0.25, -0.2) is 8.78 Å². The number of rotatable bonds is 6. The maximum absolute atomic E-state index is 13.6. The molecule has 1 N–H and O–H groups in total. The molecule has 1 aromatic rings. The van der Waals surface area contributed by atoms with Crippen LogP contribution in [0.4, 0.5) is 8.78 Å². The molecule has 0 saturated carbocycles. The Bertz CT molecular complexity index is 507. The maximum atomic E-state index is 13.6. The molecule has 130 valence electrons. The second-order valence-corrected chi connectivity index (χ2v) is 5.78. The lowest BCUT2D eigenvalue weighted by atomic mass is 10.0. The second kappa shape index (κ2) is 9.83. The molecule has 1 aliphatic heterocycles. The van der Waals surface area contributed by atoms with Crippen LogP contribution >= 0.6 is 12.4 Å². The van der Waals surface area contributed by atoms with E-state index < -0.39 is 11.6 Å². The van der Waals surface area contributed by atoms with Gasteiger partial charge in [0.25, 0.3) is 0 Å². The van der Waals surface area contributed by atoms with Crippen LogP contribution in [-0.2, 0) is 11.2 Å². The highest BCUT2D eigenvalue weighted by molar-refractivity contribution is 5.85. The van der Waals surface area contributed by atoms with E-state index in [-0.39, 0.29) is 42.8 Å². The number of halogens is 3. The first-order valence-corrected chi connectivity index (χ1v) is 8.06. The predicted molar refractivity (Wildman–Crippen MR) is 89.8 cm³/mol. The first-order valence-electron chi connectivity index (χ1n) is 8.06. The van der Waals surface area contributed by atoms with Gasteiger partial charge in [-0.1, -0.05) is 19.1 Å². The standard InChI is InChI=1S/C17H24F2N2O.ClH/c1-2-12-21(14-8-10-20-11-9-14)16(22)7-6-13-4-3-5-15(18)17(13)19;/h3-5,14,20H,2,6-12H2,1H3;1H. The SMILES string of the molecule is CCCN(C(=O)CCc1cccc(F)c1F)C1CCNCC1.Cl. The Morgan fingerprint density at radius 3 is 2.65 bits per heavy atom. The number of piperidine rings is 1. The van der Waals surface area contributed by atoms with Crippen molar-refractivity contribution < 1.29 is 13.6 Å². The van der Waals surface area contributed by atoms with Gasteiger partial charge in [0.15, 0.2) is 11.6 Å². The van der Waals surface area contributed by atoms with Crippen LogP contribution in [0.3, 0.4) is 0 Å². The molecule has 6 heteroatoms. The van der Waals surface area contributed by atoms with Gasteiger partial charge < -0.3 is 10.2 Å². The Labute approximate surface area is 142 Å². The highest BCUT2D eigenvalue weighted by atomic mass is 35.5. The van der Waals surface area contributed by atoms with E-state index in [2.05, 4.69) is 5.32 Å². The molecule has 2 rings (SSSR count). The molecule has 1 aliphatic rings. The van der Waals surface area contributed by atoms with Gasteiger partial charge in [0, 0.05) is 19.0 Å². The van der Waals surface area contributed by atoms with Gasteiger partial charge in [0.1, 0.15) is 0 Å². The summed E-state index contributed by atoms with van der Waals surface area (Å²) in [6.45, 7) is 4.64. The molecule has 1 heterocycles. The van der Waals surface area contributed by atoms with Gasteiger partial charge >= 0.3 is 0 Å². The maximum Gasteiger partial charge on any atom is 0.223 e. The molecular formula is C17H25ClF2N2O. The normalized spacial score (nSPS) is 15.1. The van der Waals surface area contributed by atoms with E-state index in [9.17, 15) is 13.6 Å². The van der Waals surface area contributed by atoms with E-state index in [1.807, 2.05) is 11.8 Å². The Morgan fingerprint density at radius 1 is 1.30 bits per heavy atom. The van der Waals surface area contributed by atoms with E-state index >= 15 is 0 Å². The quantitative estimate of drug-likeness (QED) is 0.857. The number of carbonyl (C=O) groups is 1. The molecule has 3 nitrogen and oxygen atoms in total. The number of carbonyl (C=O) groups excluding carboxylic acids is 1. The highest BCUT2D eigenvalue weighted by Crippen LogP contribution is 2.17. The van der Waals surface area contributed by atoms with Gasteiger partial charge in [0.05, 0.1) is 0 Å². The topological polar surface area (TPSA) is 32.3 Å². The number of amides is 1. The monoisotopic (exact) mass is 346 g/mol. The molecule has 0 radical (unpaired) electrons. The molecule has 0 bridgehead atoms. The Balaban J connectivity index is 0.00000264. The number of hydrogen-bond donors (Lipinski definition) is 1. The van der Waals surface area contributed by atoms with E-state index in [4.69, 9.17) is 0 Å². The third kappa shape index (κ3) is 5.43. The van der Waals surface area contributed by atoms with Gasteiger partial charge in [-0.2, -0.15) is 0 Å². The molecule has 1 aromatic carbocycles. The molecule has 0 aliphatic carbocycles. The van der Waals surface area contributed by atoms with Crippen molar-refractivity contribution in [2.24, 2.45) is 0 Å².